The average Bonchev–Trinajstić information content (AvgIpc) is 3.22. The molecular formula is C21H26N2O4S. The van der Waals surface area contributed by atoms with Crippen LogP contribution in [0.5, 0.6) is 5.75 Å². The predicted molar refractivity (Wildman–Crippen MR) is 109 cm³/mol. The molecule has 1 heterocycles. The zero-order chi connectivity index (χ0) is 20.1. The van der Waals surface area contributed by atoms with Gasteiger partial charge in [0, 0.05) is 24.3 Å². The Hall–Kier alpha value is -2.38. The standard InChI is InChI=1S/C21H26N2O4S/c1-16(2)15-27-19-9-5-7-17(13-19)21(24)22-18-8-6-10-20(14-18)28(25,26)23-11-3-4-12-23/h5-10,13-14,16H,3-4,11-12,15H2,1-2H3,(H,22,24). The molecule has 1 aliphatic rings. The summed E-state index contributed by atoms with van der Waals surface area (Å²) in [5, 5.41) is 2.78. The first-order valence-electron chi connectivity index (χ1n) is 9.51. The van der Waals surface area contributed by atoms with Gasteiger partial charge in [-0.15, -0.1) is 0 Å². The third-order valence-corrected chi connectivity index (χ3v) is 6.37. The molecule has 7 heteroatoms. The van der Waals surface area contributed by atoms with Crippen molar-refractivity contribution in [3.05, 3.63) is 54.1 Å². The molecule has 1 fully saturated rings. The van der Waals surface area contributed by atoms with E-state index in [2.05, 4.69) is 19.2 Å². The van der Waals surface area contributed by atoms with E-state index in [-0.39, 0.29) is 10.8 Å². The normalized spacial score (nSPS) is 15.0. The molecule has 0 saturated carbocycles. The summed E-state index contributed by atoms with van der Waals surface area (Å²) in [6.07, 6.45) is 1.76. The maximum Gasteiger partial charge on any atom is 0.255 e. The lowest BCUT2D eigenvalue weighted by molar-refractivity contribution is 0.102. The van der Waals surface area contributed by atoms with E-state index in [0.717, 1.165) is 12.8 Å². The molecule has 0 aromatic heterocycles. The molecule has 28 heavy (non-hydrogen) atoms. The Morgan fingerprint density at radius 3 is 2.54 bits per heavy atom. The molecule has 150 valence electrons. The first-order chi connectivity index (χ1) is 13.4. The highest BCUT2D eigenvalue weighted by molar-refractivity contribution is 7.89. The van der Waals surface area contributed by atoms with Gasteiger partial charge in [0.1, 0.15) is 5.75 Å². The first-order valence-corrected chi connectivity index (χ1v) is 10.9. The smallest absolute Gasteiger partial charge is 0.255 e. The van der Waals surface area contributed by atoms with E-state index in [9.17, 15) is 13.2 Å². The van der Waals surface area contributed by atoms with Gasteiger partial charge >= 0.3 is 0 Å². The maximum absolute atomic E-state index is 12.7. The fourth-order valence-corrected chi connectivity index (χ4v) is 4.57. The lowest BCUT2D eigenvalue weighted by Gasteiger charge is -2.16. The summed E-state index contributed by atoms with van der Waals surface area (Å²) in [4.78, 5) is 12.8. The van der Waals surface area contributed by atoms with Crippen LogP contribution in [-0.4, -0.2) is 38.3 Å². The van der Waals surface area contributed by atoms with Gasteiger partial charge in [-0.1, -0.05) is 26.0 Å². The Labute approximate surface area is 166 Å². The summed E-state index contributed by atoms with van der Waals surface area (Å²) in [5.74, 6) is 0.704. The van der Waals surface area contributed by atoms with Crippen molar-refractivity contribution in [2.75, 3.05) is 25.0 Å². The summed E-state index contributed by atoms with van der Waals surface area (Å²) in [7, 11) is -3.52. The van der Waals surface area contributed by atoms with Crippen LogP contribution in [0.15, 0.2) is 53.4 Å². The quantitative estimate of drug-likeness (QED) is 0.765. The topological polar surface area (TPSA) is 75.7 Å². The summed E-state index contributed by atoms with van der Waals surface area (Å²) in [5.41, 5.74) is 0.896. The number of hydrogen-bond acceptors (Lipinski definition) is 4. The molecule has 0 spiro atoms. The van der Waals surface area contributed by atoms with Crippen LogP contribution in [0.4, 0.5) is 5.69 Å². The number of anilines is 1. The highest BCUT2D eigenvalue weighted by Gasteiger charge is 2.27. The number of carbonyl (C=O) groups is 1. The Bertz CT molecular complexity index is 935. The lowest BCUT2D eigenvalue weighted by atomic mass is 10.2. The number of nitrogens with one attached hydrogen (secondary N) is 1. The monoisotopic (exact) mass is 402 g/mol. The van der Waals surface area contributed by atoms with Crippen LogP contribution in [0.2, 0.25) is 0 Å². The van der Waals surface area contributed by atoms with Crippen LogP contribution in [0, 0.1) is 5.92 Å². The van der Waals surface area contributed by atoms with Crippen molar-refractivity contribution in [1.29, 1.82) is 0 Å². The molecule has 2 aromatic rings. The number of nitrogens with zero attached hydrogens (tertiary/aromatic N) is 1. The van der Waals surface area contributed by atoms with E-state index >= 15 is 0 Å². The van der Waals surface area contributed by atoms with Crippen LogP contribution >= 0.6 is 0 Å². The van der Waals surface area contributed by atoms with E-state index in [1.165, 1.54) is 10.4 Å². The number of ether oxygens (including phenoxy) is 1. The minimum atomic E-state index is -3.52. The maximum atomic E-state index is 12.7. The third kappa shape index (κ3) is 4.91. The summed E-state index contributed by atoms with van der Waals surface area (Å²) >= 11 is 0. The molecule has 1 N–H and O–H groups in total. The molecule has 0 aliphatic carbocycles. The van der Waals surface area contributed by atoms with Gasteiger partial charge in [-0.2, -0.15) is 4.31 Å². The van der Waals surface area contributed by atoms with Crippen LogP contribution in [0.3, 0.4) is 0 Å². The van der Waals surface area contributed by atoms with Gasteiger partial charge in [0.25, 0.3) is 5.91 Å². The zero-order valence-corrected chi connectivity index (χ0v) is 17.0. The highest BCUT2D eigenvalue weighted by Crippen LogP contribution is 2.23. The SMILES string of the molecule is CC(C)COc1cccc(C(=O)Nc2cccc(S(=O)(=O)N3CCCC3)c2)c1. The second-order valence-corrected chi connectivity index (χ2v) is 9.26. The van der Waals surface area contributed by atoms with Gasteiger partial charge in [0.2, 0.25) is 10.0 Å². The molecular weight excluding hydrogens is 376 g/mol. The van der Waals surface area contributed by atoms with Gasteiger partial charge in [0.05, 0.1) is 11.5 Å². The number of amides is 1. The van der Waals surface area contributed by atoms with Crippen molar-refractivity contribution in [3.63, 3.8) is 0 Å². The van der Waals surface area contributed by atoms with Crippen LogP contribution < -0.4 is 10.1 Å². The molecule has 0 radical (unpaired) electrons. The summed E-state index contributed by atoms with van der Waals surface area (Å²) in [6, 6.07) is 13.3. The minimum Gasteiger partial charge on any atom is -0.493 e. The van der Waals surface area contributed by atoms with Gasteiger partial charge < -0.3 is 10.1 Å². The Balaban J connectivity index is 1.73. The minimum absolute atomic E-state index is 0.196. The molecule has 2 aromatic carbocycles. The Kier molecular flexibility index (Phi) is 6.36. The van der Waals surface area contributed by atoms with E-state index in [0.29, 0.717) is 42.6 Å². The van der Waals surface area contributed by atoms with Crippen molar-refractivity contribution < 1.29 is 17.9 Å². The van der Waals surface area contributed by atoms with Gasteiger partial charge in [-0.25, -0.2) is 8.42 Å². The van der Waals surface area contributed by atoms with E-state index < -0.39 is 10.0 Å². The molecule has 0 bridgehead atoms. The van der Waals surface area contributed by atoms with Crippen molar-refractivity contribution in [3.8, 4) is 5.75 Å². The van der Waals surface area contributed by atoms with Crippen molar-refractivity contribution >= 4 is 21.6 Å². The third-order valence-electron chi connectivity index (χ3n) is 4.47. The zero-order valence-electron chi connectivity index (χ0n) is 16.2. The van der Waals surface area contributed by atoms with Crippen molar-refractivity contribution in [2.24, 2.45) is 5.92 Å². The number of benzene rings is 2. The van der Waals surface area contributed by atoms with Crippen LogP contribution in [-0.2, 0) is 10.0 Å². The Morgan fingerprint density at radius 2 is 1.82 bits per heavy atom. The molecule has 1 amide bonds. The number of hydrogen-bond donors (Lipinski definition) is 1. The Morgan fingerprint density at radius 1 is 1.11 bits per heavy atom. The van der Waals surface area contributed by atoms with Crippen molar-refractivity contribution in [1.82, 2.24) is 4.31 Å². The molecule has 0 atom stereocenters. The summed E-state index contributed by atoms with van der Waals surface area (Å²) in [6.45, 7) is 5.77. The predicted octanol–water partition coefficient (Wildman–Crippen LogP) is 3.76. The molecule has 3 rings (SSSR count). The molecule has 1 aliphatic heterocycles. The molecule has 0 unspecified atom stereocenters. The van der Waals surface area contributed by atoms with E-state index in [1.54, 1.807) is 36.4 Å². The first kappa shape index (κ1) is 20.4. The van der Waals surface area contributed by atoms with Crippen LogP contribution in [0.1, 0.15) is 37.0 Å². The molecule has 1 saturated heterocycles. The second kappa shape index (κ2) is 8.75. The average molecular weight is 403 g/mol. The van der Waals surface area contributed by atoms with Gasteiger partial charge in [0.15, 0.2) is 0 Å². The molecule has 6 nitrogen and oxygen atoms in total. The van der Waals surface area contributed by atoms with E-state index in [4.69, 9.17) is 4.74 Å². The number of carbonyl (C=O) groups excluding carboxylic acids is 1. The summed E-state index contributed by atoms with van der Waals surface area (Å²) < 4.78 is 32.6. The second-order valence-electron chi connectivity index (χ2n) is 7.33. The van der Waals surface area contributed by atoms with Gasteiger partial charge in [-0.05, 0) is 55.2 Å². The van der Waals surface area contributed by atoms with Crippen molar-refractivity contribution in [2.45, 2.75) is 31.6 Å². The number of sulfonamides is 1. The lowest BCUT2D eigenvalue weighted by Crippen LogP contribution is -2.27. The van der Waals surface area contributed by atoms with Crippen LogP contribution in [0.25, 0.3) is 0 Å². The van der Waals surface area contributed by atoms with Gasteiger partial charge in [-0.3, -0.25) is 4.79 Å². The van der Waals surface area contributed by atoms with E-state index in [1.807, 2.05) is 6.07 Å². The fraction of sp³-hybridized carbons (Fsp3) is 0.381. The largest absolute Gasteiger partial charge is 0.493 e. The number of rotatable bonds is 7. The highest BCUT2D eigenvalue weighted by atomic mass is 32.2. The fourth-order valence-electron chi connectivity index (χ4n) is 3.01.